The molecule has 0 aliphatic carbocycles. The molecule has 2 aliphatic rings. The standard InChI is InChI=1S/C15H19ClN6OS/c16-11-1-2-18-13-12(11)19-15(22-5-3-17-4-6-22)20-14(13)21-7-9-24(23)10-8-21/h1-2,17H,3-10H2. The van der Waals surface area contributed by atoms with E-state index >= 15 is 0 Å². The van der Waals surface area contributed by atoms with Crippen molar-refractivity contribution in [3.05, 3.63) is 17.3 Å². The molecule has 0 bridgehead atoms. The predicted molar refractivity (Wildman–Crippen MR) is 97.5 cm³/mol. The molecule has 4 heterocycles. The molecule has 4 rings (SSSR count). The topological polar surface area (TPSA) is 80.2 Å². The normalized spacial score (nSPS) is 19.9. The number of pyridine rings is 1. The number of halogens is 1. The Kier molecular flexibility index (Phi) is 4.62. The van der Waals surface area contributed by atoms with Gasteiger partial charge in [0.15, 0.2) is 5.82 Å². The van der Waals surface area contributed by atoms with E-state index in [1.807, 2.05) is 0 Å². The smallest absolute Gasteiger partial charge is 0.228 e. The Hall–Kier alpha value is -1.35. The zero-order valence-corrected chi connectivity index (χ0v) is 14.8. The van der Waals surface area contributed by atoms with Crippen molar-refractivity contribution >= 4 is 45.6 Å². The molecule has 0 spiro atoms. The van der Waals surface area contributed by atoms with E-state index in [2.05, 4.69) is 25.1 Å². The molecule has 7 nitrogen and oxygen atoms in total. The minimum atomic E-state index is -0.733. The molecule has 2 aliphatic heterocycles. The number of nitrogens with one attached hydrogen (secondary N) is 1. The monoisotopic (exact) mass is 366 g/mol. The van der Waals surface area contributed by atoms with E-state index in [9.17, 15) is 4.55 Å². The van der Waals surface area contributed by atoms with Gasteiger partial charge in [0.1, 0.15) is 22.5 Å². The average Bonchev–Trinajstić information content (AvgIpc) is 2.63. The highest BCUT2D eigenvalue weighted by Crippen LogP contribution is 2.30. The van der Waals surface area contributed by atoms with Crippen LogP contribution in [0.5, 0.6) is 0 Å². The van der Waals surface area contributed by atoms with Gasteiger partial charge in [-0.2, -0.15) is 4.98 Å². The third-order valence-electron chi connectivity index (χ3n) is 4.38. The van der Waals surface area contributed by atoms with Crippen molar-refractivity contribution in [2.24, 2.45) is 0 Å². The highest BCUT2D eigenvalue weighted by atomic mass is 35.5. The summed E-state index contributed by atoms with van der Waals surface area (Å²) < 4.78 is 11.7. The first-order valence-corrected chi connectivity index (χ1v) is 9.97. The van der Waals surface area contributed by atoms with E-state index in [1.165, 1.54) is 0 Å². The Morgan fingerprint density at radius 2 is 1.79 bits per heavy atom. The Morgan fingerprint density at radius 1 is 1.04 bits per heavy atom. The lowest BCUT2D eigenvalue weighted by Crippen LogP contribution is -2.45. The number of aromatic nitrogens is 3. The number of rotatable bonds is 2. The molecular weight excluding hydrogens is 348 g/mol. The van der Waals surface area contributed by atoms with Crippen molar-refractivity contribution in [2.75, 3.05) is 60.6 Å². The van der Waals surface area contributed by atoms with Crippen molar-refractivity contribution < 1.29 is 4.55 Å². The maximum Gasteiger partial charge on any atom is 0.228 e. The Labute approximate surface area is 148 Å². The highest BCUT2D eigenvalue weighted by Gasteiger charge is 2.25. The Balaban J connectivity index is 1.79. The zero-order valence-electron chi connectivity index (χ0n) is 13.2. The van der Waals surface area contributed by atoms with Crippen LogP contribution in [0.25, 0.3) is 11.0 Å². The van der Waals surface area contributed by atoms with E-state index in [1.54, 1.807) is 12.3 Å². The molecule has 128 valence electrons. The SMILES string of the molecule is [O-][S+]1CCN(c2nc(N3CCNCC3)nc3c(Cl)ccnc23)CC1. The van der Waals surface area contributed by atoms with Crippen molar-refractivity contribution in [3.63, 3.8) is 0 Å². The van der Waals surface area contributed by atoms with E-state index in [0.29, 0.717) is 46.6 Å². The van der Waals surface area contributed by atoms with E-state index in [0.717, 1.165) is 32.0 Å². The largest absolute Gasteiger partial charge is 0.616 e. The van der Waals surface area contributed by atoms with Gasteiger partial charge in [-0.05, 0) is 6.07 Å². The van der Waals surface area contributed by atoms with Crippen LogP contribution in [0.2, 0.25) is 5.02 Å². The van der Waals surface area contributed by atoms with E-state index in [4.69, 9.17) is 16.6 Å². The summed E-state index contributed by atoms with van der Waals surface area (Å²) in [6.45, 7) is 5.00. The van der Waals surface area contributed by atoms with Crippen LogP contribution in [-0.2, 0) is 11.2 Å². The minimum Gasteiger partial charge on any atom is -0.616 e. The lowest BCUT2D eigenvalue weighted by Gasteiger charge is -2.31. The van der Waals surface area contributed by atoms with Crippen LogP contribution in [0.1, 0.15) is 0 Å². The van der Waals surface area contributed by atoms with Gasteiger partial charge in [-0.1, -0.05) is 22.8 Å². The fourth-order valence-electron chi connectivity index (χ4n) is 3.05. The number of nitrogens with zero attached hydrogens (tertiary/aromatic N) is 5. The quantitative estimate of drug-likeness (QED) is 0.782. The Bertz CT molecular complexity index is 733. The molecule has 1 N–H and O–H groups in total. The van der Waals surface area contributed by atoms with Crippen LogP contribution in [0.4, 0.5) is 11.8 Å². The molecule has 0 saturated carbocycles. The second-order valence-electron chi connectivity index (χ2n) is 5.91. The third-order valence-corrected chi connectivity index (χ3v) is 5.96. The van der Waals surface area contributed by atoms with Crippen LogP contribution < -0.4 is 15.1 Å². The van der Waals surface area contributed by atoms with Gasteiger partial charge < -0.3 is 19.7 Å². The second kappa shape index (κ2) is 6.87. The summed E-state index contributed by atoms with van der Waals surface area (Å²) in [5.74, 6) is 2.82. The molecule has 2 aromatic rings. The van der Waals surface area contributed by atoms with Gasteiger partial charge in [0, 0.05) is 32.4 Å². The van der Waals surface area contributed by atoms with E-state index < -0.39 is 11.2 Å². The summed E-state index contributed by atoms with van der Waals surface area (Å²) in [6.07, 6.45) is 1.68. The molecule has 2 aromatic heterocycles. The zero-order chi connectivity index (χ0) is 16.5. The van der Waals surface area contributed by atoms with Crippen molar-refractivity contribution in [3.8, 4) is 0 Å². The Morgan fingerprint density at radius 3 is 2.54 bits per heavy atom. The van der Waals surface area contributed by atoms with Gasteiger partial charge in [-0.25, -0.2) is 4.98 Å². The number of hydrogen-bond acceptors (Lipinski definition) is 7. The first-order chi connectivity index (χ1) is 11.7. The fourth-order valence-corrected chi connectivity index (χ4v) is 4.29. The first-order valence-electron chi connectivity index (χ1n) is 8.10. The number of fused-ring (bicyclic) bond motifs is 1. The fraction of sp³-hybridized carbons (Fsp3) is 0.533. The van der Waals surface area contributed by atoms with Crippen molar-refractivity contribution in [1.82, 2.24) is 20.3 Å². The van der Waals surface area contributed by atoms with Gasteiger partial charge in [-0.3, -0.25) is 4.98 Å². The van der Waals surface area contributed by atoms with Gasteiger partial charge in [-0.15, -0.1) is 0 Å². The van der Waals surface area contributed by atoms with Gasteiger partial charge in [0.2, 0.25) is 5.95 Å². The summed E-state index contributed by atoms with van der Waals surface area (Å²) in [6, 6.07) is 1.76. The third kappa shape index (κ3) is 3.11. The lowest BCUT2D eigenvalue weighted by molar-refractivity contribution is 0.579. The van der Waals surface area contributed by atoms with Crippen LogP contribution in [0.15, 0.2) is 12.3 Å². The van der Waals surface area contributed by atoms with Crippen molar-refractivity contribution in [2.45, 2.75) is 0 Å². The molecule has 0 aromatic carbocycles. The average molecular weight is 367 g/mol. The summed E-state index contributed by atoms with van der Waals surface area (Å²) in [7, 11) is 0. The molecule has 2 fully saturated rings. The summed E-state index contributed by atoms with van der Waals surface area (Å²) in [5.41, 5.74) is 1.40. The van der Waals surface area contributed by atoms with Crippen LogP contribution in [-0.4, -0.2) is 70.3 Å². The maximum absolute atomic E-state index is 11.7. The van der Waals surface area contributed by atoms with Crippen molar-refractivity contribution in [1.29, 1.82) is 0 Å². The molecule has 0 atom stereocenters. The van der Waals surface area contributed by atoms with Crippen LogP contribution >= 0.6 is 11.6 Å². The summed E-state index contributed by atoms with van der Waals surface area (Å²) >= 11 is 5.64. The molecule has 0 unspecified atom stereocenters. The predicted octanol–water partition coefficient (Wildman–Crippen LogP) is 0.656. The molecule has 0 radical (unpaired) electrons. The minimum absolute atomic E-state index is 0.584. The second-order valence-corrected chi connectivity index (χ2v) is 8.01. The molecule has 9 heteroatoms. The first kappa shape index (κ1) is 16.1. The summed E-state index contributed by atoms with van der Waals surface area (Å²) in [4.78, 5) is 18.3. The van der Waals surface area contributed by atoms with Gasteiger partial charge >= 0.3 is 0 Å². The number of piperazine rings is 1. The molecule has 2 saturated heterocycles. The van der Waals surface area contributed by atoms with Crippen LogP contribution in [0.3, 0.4) is 0 Å². The molecular formula is C15H19ClN6OS. The van der Waals surface area contributed by atoms with Gasteiger partial charge in [0.25, 0.3) is 0 Å². The molecule has 0 amide bonds. The van der Waals surface area contributed by atoms with Crippen LogP contribution in [0, 0.1) is 0 Å². The number of hydrogen-bond donors (Lipinski definition) is 1. The highest BCUT2D eigenvalue weighted by molar-refractivity contribution is 7.91. The lowest BCUT2D eigenvalue weighted by atomic mass is 10.3. The number of anilines is 2. The van der Waals surface area contributed by atoms with Gasteiger partial charge in [0.05, 0.1) is 18.1 Å². The van der Waals surface area contributed by atoms with E-state index in [-0.39, 0.29) is 0 Å². The molecule has 24 heavy (non-hydrogen) atoms. The maximum atomic E-state index is 11.7. The summed E-state index contributed by atoms with van der Waals surface area (Å²) in [5, 5.41) is 3.92.